The highest BCUT2D eigenvalue weighted by Crippen LogP contribution is 2.21. The monoisotopic (exact) mass is 235 g/mol. The number of nitrogens with zero attached hydrogens (tertiary/aromatic N) is 1. The van der Waals surface area contributed by atoms with E-state index in [1.807, 2.05) is 0 Å². The van der Waals surface area contributed by atoms with Crippen molar-refractivity contribution in [2.24, 2.45) is 4.99 Å². The predicted octanol–water partition coefficient (Wildman–Crippen LogP) is 4.37. The summed E-state index contributed by atoms with van der Waals surface area (Å²) in [5, 5.41) is 0.807. The van der Waals surface area contributed by atoms with Crippen LogP contribution in [-0.2, 0) is 0 Å². The Hall–Kier alpha value is 0.250. The van der Waals surface area contributed by atoms with Gasteiger partial charge in [0.2, 0.25) is 0 Å². The summed E-state index contributed by atoms with van der Waals surface area (Å²) in [6.07, 6.45) is 9.48. The van der Waals surface area contributed by atoms with E-state index in [1.54, 1.807) is 0 Å². The van der Waals surface area contributed by atoms with Gasteiger partial charge in [-0.2, -0.15) is 0 Å². The van der Waals surface area contributed by atoms with Crippen LogP contribution < -0.4 is 0 Å². The zero-order chi connectivity index (χ0) is 10.2. The summed E-state index contributed by atoms with van der Waals surface area (Å²) in [7, 11) is 0. The highest BCUT2D eigenvalue weighted by atomic mass is 35.5. The first kappa shape index (κ1) is 12.3. The van der Waals surface area contributed by atoms with Crippen molar-refractivity contribution in [3.05, 3.63) is 0 Å². The van der Waals surface area contributed by atoms with Crippen molar-refractivity contribution >= 4 is 28.4 Å². The fourth-order valence-corrected chi connectivity index (χ4v) is 2.30. The van der Waals surface area contributed by atoms with Gasteiger partial charge in [-0.3, -0.25) is 4.99 Å². The number of alkyl halides is 1. The Balaban J connectivity index is 2.19. The summed E-state index contributed by atoms with van der Waals surface area (Å²) >= 11 is 11.7. The second-order valence-corrected chi connectivity index (χ2v) is 4.76. The molecular weight excluding hydrogens is 217 g/mol. The standard InChI is InChI=1S/C11H19Cl2N/c12-9-5-4-8-11(13)14-10-6-2-1-3-7-10/h10H,1-9H2/b14-11-. The number of hydrogen-bond donors (Lipinski definition) is 0. The smallest absolute Gasteiger partial charge is 0.101 e. The van der Waals surface area contributed by atoms with Gasteiger partial charge in [-0.05, 0) is 25.7 Å². The molecule has 0 aromatic rings. The molecule has 0 aromatic heterocycles. The largest absolute Gasteiger partial charge is 0.274 e. The van der Waals surface area contributed by atoms with E-state index >= 15 is 0 Å². The molecule has 0 heterocycles. The molecule has 0 saturated heterocycles. The van der Waals surface area contributed by atoms with Crippen molar-refractivity contribution in [3.63, 3.8) is 0 Å². The highest BCUT2D eigenvalue weighted by Gasteiger charge is 2.12. The van der Waals surface area contributed by atoms with Crippen LogP contribution >= 0.6 is 23.2 Å². The summed E-state index contributed by atoms with van der Waals surface area (Å²) in [5.41, 5.74) is 0. The van der Waals surface area contributed by atoms with E-state index in [9.17, 15) is 0 Å². The van der Waals surface area contributed by atoms with Gasteiger partial charge in [0.1, 0.15) is 5.17 Å². The predicted molar refractivity (Wildman–Crippen MR) is 64.7 cm³/mol. The minimum atomic E-state index is 0.507. The lowest BCUT2D eigenvalue weighted by Crippen LogP contribution is -2.11. The zero-order valence-corrected chi connectivity index (χ0v) is 10.2. The van der Waals surface area contributed by atoms with Crippen molar-refractivity contribution < 1.29 is 0 Å². The summed E-state index contributed by atoms with van der Waals surface area (Å²) in [6, 6.07) is 0.507. The van der Waals surface area contributed by atoms with Gasteiger partial charge in [-0.25, -0.2) is 0 Å². The van der Waals surface area contributed by atoms with Gasteiger partial charge in [-0.15, -0.1) is 11.6 Å². The number of rotatable bonds is 5. The van der Waals surface area contributed by atoms with Crippen LogP contribution in [-0.4, -0.2) is 17.1 Å². The van der Waals surface area contributed by atoms with Gasteiger partial charge in [0, 0.05) is 12.3 Å². The van der Waals surface area contributed by atoms with Crippen LogP contribution in [0.5, 0.6) is 0 Å². The van der Waals surface area contributed by atoms with Gasteiger partial charge in [0.05, 0.1) is 6.04 Å². The average molecular weight is 236 g/mol. The lowest BCUT2D eigenvalue weighted by molar-refractivity contribution is 0.443. The van der Waals surface area contributed by atoms with E-state index in [2.05, 4.69) is 4.99 Å². The first-order valence-corrected chi connectivity index (χ1v) is 6.52. The number of unbranched alkanes of at least 4 members (excludes halogenated alkanes) is 1. The second kappa shape index (κ2) is 7.53. The first-order chi connectivity index (χ1) is 6.83. The summed E-state index contributed by atoms with van der Waals surface area (Å²) in [5.74, 6) is 0.730. The molecule has 0 radical (unpaired) electrons. The van der Waals surface area contributed by atoms with Gasteiger partial charge >= 0.3 is 0 Å². The minimum Gasteiger partial charge on any atom is -0.274 e. The van der Waals surface area contributed by atoms with E-state index in [4.69, 9.17) is 23.2 Å². The summed E-state index contributed by atoms with van der Waals surface area (Å²) in [6.45, 7) is 0. The highest BCUT2D eigenvalue weighted by molar-refractivity contribution is 6.65. The first-order valence-electron chi connectivity index (χ1n) is 5.61. The lowest BCUT2D eigenvalue weighted by Gasteiger charge is -2.17. The van der Waals surface area contributed by atoms with Crippen LogP contribution in [0.1, 0.15) is 51.4 Å². The molecule has 0 bridgehead atoms. The van der Waals surface area contributed by atoms with Crippen LogP contribution in [0, 0.1) is 0 Å². The molecule has 82 valence electrons. The molecule has 1 rings (SSSR count). The summed E-state index contributed by atoms with van der Waals surface area (Å²) < 4.78 is 0. The van der Waals surface area contributed by atoms with E-state index < -0.39 is 0 Å². The van der Waals surface area contributed by atoms with E-state index in [-0.39, 0.29) is 0 Å². The maximum Gasteiger partial charge on any atom is 0.101 e. The van der Waals surface area contributed by atoms with E-state index in [0.29, 0.717) is 6.04 Å². The van der Waals surface area contributed by atoms with Crippen LogP contribution in [0.3, 0.4) is 0 Å². The molecule has 1 fully saturated rings. The van der Waals surface area contributed by atoms with Crippen LogP contribution in [0.25, 0.3) is 0 Å². The number of halogens is 2. The maximum absolute atomic E-state index is 6.06. The van der Waals surface area contributed by atoms with Gasteiger partial charge in [0.15, 0.2) is 0 Å². The topological polar surface area (TPSA) is 12.4 Å². The Bertz CT molecular complexity index is 174. The third-order valence-electron chi connectivity index (χ3n) is 2.66. The molecule has 0 amide bonds. The fraction of sp³-hybridized carbons (Fsp3) is 0.909. The van der Waals surface area contributed by atoms with E-state index in [1.165, 1.54) is 32.1 Å². The third kappa shape index (κ3) is 5.21. The van der Waals surface area contributed by atoms with Crippen molar-refractivity contribution in [2.75, 3.05) is 5.88 Å². The second-order valence-electron chi connectivity index (χ2n) is 3.94. The molecule has 0 aliphatic heterocycles. The van der Waals surface area contributed by atoms with Crippen molar-refractivity contribution in [1.29, 1.82) is 0 Å². The van der Waals surface area contributed by atoms with Gasteiger partial charge < -0.3 is 0 Å². The minimum absolute atomic E-state index is 0.507. The lowest BCUT2D eigenvalue weighted by atomic mass is 9.96. The molecule has 1 aliphatic rings. The zero-order valence-electron chi connectivity index (χ0n) is 8.64. The van der Waals surface area contributed by atoms with Crippen LogP contribution in [0.2, 0.25) is 0 Å². The number of aliphatic imine (C=N–C) groups is 1. The van der Waals surface area contributed by atoms with Crippen LogP contribution in [0.4, 0.5) is 0 Å². The Morgan fingerprint density at radius 1 is 1.14 bits per heavy atom. The maximum atomic E-state index is 6.06. The molecule has 14 heavy (non-hydrogen) atoms. The Morgan fingerprint density at radius 3 is 2.50 bits per heavy atom. The van der Waals surface area contributed by atoms with Crippen molar-refractivity contribution in [1.82, 2.24) is 0 Å². The van der Waals surface area contributed by atoms with Crippen molar-refractivity contribution in [3.8, 4) is 0 Å². The third-order valence-corrected chi connectivity index (χ3v) is 3.22. The molecular formula is C11H19Cl2N. The van der Waals surface area contributed by atoms with Gasteiger partial charge in [0.25, 0.3) is 0 Å². The van der Waals surface area contributed by atoms with E-state index in [0.717, 1.165) is 30.3 Å². The Kier molecular flexibility index (Phi) is 6.63. The molecule has 0 N–H and O–H groups in total. The molecule has 0 unspecified atom stereocenters. The molecule has 0 atom stereocenters. The molecule has 0 spiro atoms. The molecule has 0 aromatic carbocycles. The summed E-state index contributed by atoms with van der Waals surface area (Å²) in [4.78, 5) is 4.55. The molecule has 1 saturated carbocycles. The van der Waals surface area contributed by atoms with Crippen molar-refractivity contribution in [2.45, 2.75) is 57.4 Å². The molecule has 3 heteroatoms. The molecule has 1 nitrogen and oxygen atoms in total. The molecule has 1 aliphatic carbocycles. The fourth-order valence-electron chi connectivity index (χ4n) is 1.84. The SMILES string of the molecule is ClCCCC/C(Cl)=N/C1CCCCC1. The number of hydrogen-bond acceptors (Lipinski definition) is 1. The van der Waals surface area contributed by atoms with Crippen LogP contribution in [0.15, 0.2) is 4.99 Å². The quantitative estimate of drug-likeness (QED) is 0.382. The average Bonchev–Trinajstić information content (AvgIpc) is 2.20. The normalized spacial score (nSPS) is 20.0. The van der Waals surface area contributed by atoms with Gasteiger partial charge in [-0.1, -0.05) is 30.9 Å². The Labute approximate surface area is 96.9 Å². The Morgan fingerprint density at radius 2 is 1.86 bits per heavy atom.